The minimum Gasteiger partial charge on any atom is -0.382 e. The molecule has 2 heterocycles. The average Bonchev–Trinajstić information content (AvgIpc) is 3.22. The maximum atomic E-state index is 13.3. The number of hydrogen-bond acceptors (Lipinski definition) is 5. The van der Waals surface area contributed by atoms with E-state index in [1.165, 1.54) is 23.5 Å². The number of para-hydroxylation sites is 1. The predicted molar refractivity (Wildman–Crippen MR) is 95.4 cm³/mol. The summed E-state index contributed by atoms with van der Waals surface area (Å²) in [7, 11) is 0. The number of aromatic nitrogens is 1. The van der Waals surface area contributed by atoms with Gasteiger partial charge in [-0.2, -0.15) is 0 Å². The molecular weight excluding hydrogens is 341 g/mol. The van der Waals surface area contributed by atoms with Gasteiger partial charge in [0.15, 0.2) is 5.13 Å². The van der Waals surface area contributed by atoms with Crippen molar-refractivity contribution in [1.29, 1.82) is 0 Å². The van der Waals surface area contributed by atoms with Gasteiger partial charge in [0, 0.05) is 12.0 Å². The van der Waals surface area contributed by atoms with Crippen LogP contribution in [0, 0.1) is 12.7 Å². The maximum Gasteiger partial charge on any atom is 0.270 e. The lowest BCUT2D eigenvalue weighted by atomic mass is 10.0. The molecule has 0 saturated carbocycles. The summed E-state index contributed by atoms with van der Waals surface area (Å²) in [4.78, 5) is 22.1. The first kappa shape index (κ1) is 15.7. The maximum absolute atomic E-state index is 13.3. The van der Waals surface area contributed by atoms with Crippen molar-refractivity contribution in [3.63, 3.8) is 0 Å². The van der Waals surface area contributed by atoms with E-state index in [4.69, 9.17) is 4.84 Å². The molecule has 1 amide bonds. The molecule has 4 rings (SSSR count). The quantitative estimate of drug-likeness (QED) is 0.776. The van der Waals surface area contributed by atoms with Gasteiger partial charge in [-0.3, -0.25) is 10.1 Å². The predicted octanol–water partition coefficient (Wildman–Crippen LogP) is 3.88. The zero-order valence-corrected chi connectivity index (χ0v) is 14.1. The van der Waals surface area contributed by atoms with Crippen molar-refractivity contribution in [3.05, 3.63) is 59.4 Å². The molecule has 0 fully saturated rings. The molecule has 0 bridgehead atoms. The fraction of sp³-hybridized carbons (Fsp3) is 0.167. The van der Waals surface area contributed by atoms with Gasteiger partial charge in [0.25, 0.3) is 5.91 Å². The standard InChI is InChI=1S/C18H14FN3O2S/c1-10-4-2-7-15-16(10)20-18(25-15)21-17(23)14-9-13(22-24-14)11-5-3-6-12(19)8-11/h2-8,14H,9H2,1H3,(H,20,21,23). The number of anilines is 1. The van der Waals surface area contributed by atoms with Gasteiger partial charge in [-0.05, 0) is 30.7 Å². The van der Waals surface area contributed by atoms with E-state index >= 15 is 0 Å². The van der Waals surface area contributed by atoms with Gasteiger partial charge in [0.05, 0.1) is 15.9 Å². The number of halogens is 1. The van der Waals surface area contributed by atoms with Crippen LogP contribution < -0.4 is 5.32 Å². The third-order valence-electron chi connectivity index (χ3n) is 3.97. The third kappa shape index (κ3) is 3.10. The van der Waals surface area contributed by atoms with Crippen LogP contribution in [0.1, 0.15) is 17.5 Å². The summed E-state index contributed by atoms with van der Waals surface area (Å²) in [5.74, 6) is -0.662. The van der Waals surface area contributed by atoms with Gasteiger partial charge in [-0.1, -0.05) is 40.8 Å². The SMILES string of the molecule is Cc1cccc2sc(NC(=O)C3CC(c4cccc(F)c4)=NO3)nc12. The van der Waals surface area contributed by atoms with Crippen molar-refractivity contribution in [1.82, 2.24) is 4.98 Å². The average molecular weight is 355 g/mol. The van der Waals surface area contributed by atoms with Crippen LogP contribution in [0.2, 0.25) is 0 Å². The van der Waals surface area contributed by atoms with Gasteiger partial charge in [-0.15, -0.1) is 0 Å². The molecule has 126 valence electrons. The molecule has 1 atom stereocenters. The highest BCUT2D eigenvalue weighted by Gasteiger charge is 2.29. The molecule has 3 aromatic rings. The lowest BCUT2D eigenvalue weighted by molar-refractivity contribution is -0.125. The van der Waals surface area contributed by atoms with E-state index in [0.717, 1.165) is 15.8 Å². The van der Waals surface area contributed by atoms with Gasteiger partial charge in [0.2, 0.25) is 6.10 Å². The Bertz CT molecular complexity index is 999. The third-order valence-corrected chi connectivity index (χ3v) is 4.91. The first-order valence-electron chi connectivity index (χ1n) is 7.76. The zero-order chi connectivity index (χ0) is 17.4. The molecule has 0 aliphatic carbocycles. The summed E-state index contributed by atoms with van der Waals surface area (Å²) in [6.07, 6.45) is -0.453. The number of aryl methyl sites for hydroxylation is 1. The smallest absolute Gasteiger partial charge is 0.270 e. The van der Waals surface area contributed by atoms with Gasteiger partial charge in [-0.25, -0.2) is 9.37 Å². The number of carbonyl (C=O) groups excluding carboxylic acids is 1. The van der Waals surface area contributed by atoms with Crippen LogP contribution in [-0.4, -0.2) is 22.7 Å². The molecule has 1 unspecified atom stereocenters. The Hall–Kier alpha value is -2.80. The molecule has 1 aliphatic heterocycles. The summed E-state index contributed by atoms with van der Waals surface area (Å²) >= 11 is 1.41. The molecule has 0 spiro atoms. The second-order valence-electron chi connectivity index (χ2n) is 5.78. The summed E-state index contributed by atoms with van der Waals surface area (Å²) in [6.45, 7) is 1.98. The number of carbonyl (C=O) groups is 1. The molecule has 0 saturated heterocycles. The molecular formula is C18H14FN3O2S. The van der Waals surface area contributed by atoms with Crippen LogP contribution in [0.4, 0.5) is 9.52 Å². The Kier molecular flexibility index (Phi) is 3.93. The number of fused-ring (bicyclic) bond motifs is 1. The Morgan fingerprint density at radius 3 is 2.96 bits per heavy atom. The van der Waals surface area contributed by atoms with E-state index in [-0.39, 0.29) is 11.7 Å². The van der Waals surface area contributed by atoms with Crippen molar-refractivity contribution in [2.45, 2.75) is 19.4 Å². The lowest BCUT2D eigenvalue weighted by Gasteiger charge is -2.06. The van der Waals surface area contributed by atoms with Gasteiger partial charge in [0.1, 0.15) is 5.82 Å². The number of nitrogens with zero attached hydrogens (tertiary/aromatic N) is 2. The Morgan fingerprint density at radius 2 is 2.16 bits per heavy atom. The first-order valence-corrected chi connectivity index (χ1v) is 8.57. The number of amides is 1. The number of nitrogens with one attached hydrogen (secondary N) is 1. The highest BCUT2D eigenvalue weighted by molar-refractivity contribution is 7.22. The van der Waals surface area contributed by atoms with Crippen molar-refractivity contribution in [3.8, 4) is 0 Å². The fourth-order valence-corrected chi connectivity index (χ4v) is 3.63. The highest BCUT2D eigenvalue weighted by atomic mass is 32.1. The minimum atomic E-state index is -0.744. The molecule has 0 radical (unpaired) electrons. The number of oxime groups is 1. The van der Waals surface area contributed by atoms with Crippen LogP contribution in [0.25, 0.3) is 10.2 Å². The molecule has 25 heavy (non-hydrogen) atoms. The Balaban J connectivity index is 1.46. The Labute approximate surface area is 147 Å². The summed E-state index contributed by atoms with van der Waals surface area (Å²) in [6, 6.07) is 12.0. The van der Waals surface area contributed by atoms with Crippen LogP contribution in [0.5, 0.6) is 0 Å². The fourth-order valence-electron chi connectivity index (χ4n) is 2.68. The van der Waals surface area contributed by atoms with E-state index in [1.54, 1.807) is 12.1 Å². The lowest BCUT2D eigenvalue weighted by Crippen LogP contribution is -2.27. The minimum absolute atomic E-state index is 0.291. The van der Waals surface area contributed by atoms with Crippen molar-refractivity contribution < 1.29 is 14.0 Å². The second-order valence-corrected chi connectivity index (χ2v) is 6.81. The van der Waals surface area contributed by atoms with Crippen molar-refractivity contribution in [2.24, 2.45) is 5.16 Å². The molecule has 1 aromatic heterocycles. The van der Waals surface area contributed by atoms with E-state index in [9.17, 15) is 9.18 Å². The van der Waals surface area contributed by atoms with Crippen LogP contribution >= 0.6 is 11.3 Å². The number of rotatable bonds is 3. The van der Waals surface area contributed by atoms with Crippen LogP contribution in [0.15, 0.2) is 47.6 Å². The topological polar surface area (TPSA) is 63.6 Å². The van der Waals surface area contributed by atoms with Crippen molar-refractivity contribution in [2.75, 3.05) is 5.32 Å². The summed E-state index contributed by atoms with van der Waals surface area (Å²) < 4.78 is 14.3. The van der Waals surface area contributed by atoms with Gasteiger partial charge < -0.3 is 4.84 Å². The zero-order valence-electron chi connectivity index (χ0n) is 13.3. The molecule has 5 nitrogen and oxygen atoms in total. The Morgan fingerprint density at radius 1 is 1.32 bits per heavy atom. The number of hydrogen-bond donors (Lipinski definition) is 1. The largest absolute Gasteiger partial charge is 0.382 e. The number of benzene rings is 2. The summed E-state index contributed by atoms with van der Waals surface area (Å²) in [5.41, 5.74) is 3.11. The highest BCUT2D eigenvalue weighted by Crippen LogP contribution is 2.28. The van der Waals surface area contributed by atoms with Crippen LogP contribution in [-0.2, 0) is 9.63 Å². The van der Waals surface area contributed by atoms with Crippen LogP contribution in [0.3, 0.4) is 0 Å². The van der Waals surface area contributed by atoms with E-state index < -0.39 is 6.10 Å². The molecule has 2 aromatic carbocycles. The van der Waals surface area contributed by atoms with E-state index in [1.807, 2.05) is 25.1 Å². The molecule has 1 aliphatic rings. The molecule has 1 N–H and O–H groups in total. The monoisotopic (exact) mass is 355 g/mol. The van der Waals surface area contributed by atoms with Gasteiger partial charge >= 0.3 is 0 Å². The molecule has 7 heteroatoms. The summed E-state index contributed by atoms with van der Waals surface area (Å²) in [5, 5.41) is 7.23. The van der Waals surface area contributed by atoms with E-state index in [0.29, 0.717) is 22.8 Å². The van der Waals surface area contributed by atoms with Crippen molar-refractivity contribution >= 4 is 38.3 Å². The number of thiazole rings is 1. The second kappa shape index (κ2) is 6.25. The first-order chi connectivity index (χ1) is 12.1. The van der Waals surface area contributed by atoms with E-state index in [2.05, 4.69) is 15.5 Å². The normalized spacial score (nSPS) is 16.6.